The molecule has 4 rings (SSSR count). The first-order valence-electron chi connectivity index (χ1n) is 8.19. The Morgan fingerprint density at radius 2 is 1.93 bits per heavy atom. The van der Waals surface area contributed by atoms with Crippen LogP contribution in [-0.4, -0.2) is 26.8 Å². The molecule has 2 N–H and O–H groups in total. The average Bonchev–Trinajstić information content (AvgIpc) is 3.31. The zero-order chi connectivity index (χ0) is 19.9. The number of hydrogen-bond acceptors (Lipinski definition) is 7. The van der Waals surface area contributed by atoms with Gasteiger partial charge >= 0.3 is 13.0 Å². The normalized spacial score (nSPS) is 15.2. The van der Waals surface area contributed by atoms with Crippen LogP contribution in [0.3, 0.4) is 0 Å². The molecular weight excluding hydrogens is 382 g/mol. The Kier molecular flexibility index (Phi) is 4.36. The molecule has 0 unspecified atom stereocenters. The lowest BCUT2D eigenvalue weighted by Crippen LogP contribution is -2.15. The molecule has 11 heteroatoms. The Morgan fingerprint density at radius 3 is 2.57 bits per heavy atom. The van der Waals surface area contributed by atoms with Crippen LogP contribution in [0.1, 0.15) is 36.4 Å². The molecule has 0 radical (unpaired) electrons. The predicted octanol–water partition coefficient (Wildman–Crippen LogP) is 3.73. The molecule has 2 heterocycles. The summed E-state index contributed by atoms with van der Waals surface area (Å²) < 4.78 is 60.2. The number of nitrogens with zero attached hydrogens (tertiary/aromatic N) is 4. The van der Waals surface area contributed by atoms with Crippen molar-refractivity contribution in [3.63, 3.8) is 0 Å². The van der Waals surface area contributed by atoms with E-state index in [1.54, 1.807) is 12.1 Å². The van der Waals surface area contributed by atoms with Gasteiger partial charge in [0, 0.05) is 11.6 Å². The van der Waals surface area contributed by atoms with Gasteiger partial charge < -0.3 is 14.9 Å². The molecule has 2 aromatic heterocycles. The predicted molar refractivity (Wildman–Crippen MR) is 87.8 cm³/mol. The molecule has 7 nitrogen and oxygen atoms in total. The van der Waals surface area contributed by atoms with E-state index in [0.29, 0.717) is 24.1 Å². The van der Waals surface area contributed by atoms with Crippen molar-refractivity contribution in [2.75, 3.05) is 5.73 Å². The monoisotopic (exact) mass is 395 g/mol. The van der Waals surface area contributed by atoms with Crippen LogP contribution in [0.25, 0.3) is 11.5 Å². The van der Waals surface area contributed by atoms with Gasteiger partial charge in [-0.2, -0.15) is 17.6 Å². The summed E-state index contributed by atoms with van der Waals surface area (Å²) >= 11 is 0. The van der Waals surface area contributed by atoms with Crippen LogP contribution in [0, 0.1) is 0 Å². The molecule has 1 aromatic carbocycles. The van der Waals surface area contributed by atoms with Crippen molar-refractivity contribution in [2.24, 2.45) is 0 Å². The summed E-state index contributed by atoms with van der Waals surface area (Å²) in [5.74, 6) is -1.02. The first-order chi connectivity index (χ1) is 13.4. The SMILES string of the molecule is Nc1ncc(-c2nnc(C(F)F)o2)c(C2(c3cccc(OC(F)F)c3)CC2)n1. The van der Waals surface area contributed by atoms with E-state index in [4.69, 9.17) is 10.2 Å². The Labute approximate surface area is 155 Å². The number of nitrogens with two attached hydrogens (primary N) is 1. The van der Waals surface area contributed by atoms with Crippen molar-refractivity contribution in [3.05, 3.63) is 47.6 Å². The van der Waals surface area contributed by atoms with E-state index < -0.39 is 24.3 Å². The average molecular weight is 395 g/mol. The molecular formula is C17H13F4N5O2. The number of aromatic nitrogens is 4. The molecule has 0 amide bonds. The maximum Gasteiger partial charge on any atom is 0.387 e. The highest BCUT2D eigenvalue weighted by Crippen LogP contribution is 2.55. The molecule has 0 saturated heterocycles. The van der Waals surface area contributed by atoms with E-state index in [-0.39, 0.29) is 23.2 Å². The Hall–Kier alpha value is -3.24. The van der Waals surface area contributed by atoms with Gasteiger partial charge in [0.25, 0.3) is 11.8 Å². The quantitative estimate of drug-likeness (QED) is 0.635. The van der Waals surface area contributed by atoms with Gasteiger partial charge in [-0.05, 0) is 30.5 Å². The molecule has 0 atom stereocenters. The van der Waals surface area contributed by atoms with Gasteiger partial charge in [-0.3, -0.25) is 0 Å². The largest absolute Gasteiger partial charge is 0.435 e. The van der Waals surface area contributed by atoms with Gasteiger partial charge in [0.2, 0.25) is 5.95 Å². The summed E-state index contributed by atoms with van der Waals surface area (Å²) in [5, 5.41) is 6.97. The van der Waals surface area contributed by atoms with Crippen LogP contribution in [0.4, 0.5) is 23.5 Å². The Morgan fingerprint density at radius 1 is 1.14 bits per heavy atom. The number of hydrogen-bond donors (Lipinski definition) is 1. The van der Waals surface area contributed by atoms with Crippen LogP contribution >= 0.6 is 0 Å². The summed E-state index contributed by atoms with van der Waals surface area (Å²) in [6, 6.07) is 6.22. The highest BCUT2D eigenvalue weighted by molar-refractivity contribution is 5.62. The first kappa shape index (κ1) is 18.1. The van der Waals surface area contributed by atoms with Crippen LogP contribution < -0.4 is 10.5 Å². The Balaban J connectivity index is 1.79. The summed E-state index contributed by atoms with van der Waals surface area (Å²) in [7, 11) is 0. The fourth-order valence-electron chi connectivity index (χ4n) is 3.11. The van der Waals surface area contributed by atoms with Crippen LogP contribution in [-0.2, 0) is 5.41 Å². The zero-order valence-electron chi connectivity index (χ0n) is 14.2. The second kappa shape index (κ2) is 6.73. The fourth-order valence-corrected chi connectivity index (χ4v) is 3.11. The van der Waals surface area contributed by atoms with Gasteiger partial charge in [0.15, 0.2) is 0 Å². The summed E-state index contributed by atoms with van der Waals surface area (Å²) in [6.07, 6.45) is -0.341. The van der Waals surface area contributed by atoms with Crippen LogP contribution in [0.2, 0.25) is 0 Å². The number of halogens is 4. The molecule has 3 aromatic rings. The smallest absolute Gasteiger partial charge is 0.387 e. The van der Waals surface area contributed by atoms with E-state index in [1.807, 2.05) is 0 Å². The molecule has 28 heavy (non-hydrogen) atoms. The minimum atomic E-state index is -2.96. The van der Waals surface area contributed by atoms with Gasteiger partial charge in [0.1, 0.15) is 5.75 Å². The highest BCUT2D eigenvalue weighted by Gasteiger charge is 2.49. The number of alkyl halides is 4. The van der Waals surface area contributed by atoms with Crippen LogP contribution in [0.5, 0.6) is 5.75 Å². The summed E-state index contributed by atoms with van der Waals surface area (Å²) in [6.45, 7) is -2.96. The third-order valence-corrected chi connectivity index (χ3v) is 4.48. The maximum atomic E-state index is 12.8. The summed E-state index contributed by atoms with van der Waals surface area (Å²) in [5.41, 5.74) is 6.37. The number of benzene rings is 1. The van der Waals surface area contributed by atoms with E-state index in [0.717, 1.165) is 0 Å². The lowest BCUT2D eigenvalue weighted by Gasteiger charge is -2.18. The molecule has 0 spiro atoms. The van der Waals surface area contributed by atoms with E-state index >= 15 is 0 Å². The number of anilines is 1. The minimum Gasteiger partial charge on any atom is -0.435 e. The molecule has 0 aliphatic heterocycles. The third kappa shape index (κ3) is 3.23. The van der Waals surface area contributed by atoms with E-state index in [2.05, 4.69) is 24.9 Å². The van der Waals surface area contributed by atoms with Crippen molar-refractivity contribution < 1.29 is 26.7 Å². The fraction of sp³-hybridized carbons (Fsp3) is 0.294. The van der Waals surface area contributed by atoms with Crippen molar-refractivity contribution in [1.82, 2.24) is 20.2 Å². The number of ether oxygens (including phenoxy) is 1. The van der Waals surface area contributed by atoms with E-state index in [1.165, 1.54) is 18.3 Å². The number of rotatable bonds is 6. The zero-order valence-corrected chi connectivity index (χ0v) is 14.2. The second-order valence-electron chi connectivity index (χ2n) is 6.23. The van der Waals surface area contributed by atoms with Gasteiger partial charge in [-0.15, -0.1) is 10.2 Å². The number of nitrogen functional groups attached to an aromatic ring is 1. The van der Waals surface area contributed by atoms with E-state index in [9.17, 15) is 17.6 Å². The maximum absolute atomic E-state index is 12.8. The summed E-state index contributed by atoms with van der Waals surface area (Å²) in [4.78, 5) is 8.16. The van der Waals surface area contributed by atoms with Crippen molar-refractivity contribution in [1.29, 1.82) is 0 Å². The third-order valence-electron chi connectivity index (χ3n) is 4.48. The lowest BCUT2D eigenvalue weighted by atomic mass is 9.89. The lowest BCUT2D eigenvalue weighted by molar-refractivity contribution is -0.0499. The van der Waals surface area contributed by atoms with Crippen molar-refractivity contribution >= 4 is 5.95 Å². The second-order valence-corrected chi connectivity index (χ2v) is 6.23. The molecule has 1 aliphatic carbocycles. The molecule has 0 bridgehead atoms. The van der Waals surface area contributed by atoms with Crippen LogP contribution in [0.15, 0.2) is 34.9 Å². The molecule has 1 fully saturated rings. The Bertz CT molecular complexity index is 1010. The molecule has 1 saturated carbocycles. The molecule has 146 valence electrons. The van der Waals surface area contributed by atoms with Gasteiger partial charge in [-0.1, -0.05) is 12.1 Å². The topological polar surface area (TPSA) is 100.0 Å². The van der Waals surface area contributed by atoms with Crippen molar-refractivity contribution in [3.8, 4) is 17.2 Å². The molecule has 1 aliphatic rings. The first-order valence-corrected chi connectivity index (χ1v) is 8.19. The standard InChI is InChI=1S/C17H13F4N5O2/c18-12(19)14-26-25-13(28-14)10-7-23-16(22)24-11(10)17(4-5-17)8-2-1-3-9(6-8)27-15(20)21/h1-3,6-7,12,15H,4-5H2,(H2,22,23,24). The van der Waals surface area contributed by atoms with Crippen molar-refractivity contribution in [2.45, 2.75) is 31.3 Å². The minimum absolute atomic E-state index is 0.000120. The van der Waals surface area contributed by atoms with Gasteiger partial charge in [-0.25, -0.2) is 9.97 Å². The van der Waals surface area contributed by atoms with Gasteiger partial charge in [0.05, 0.1) is 11.3 Å². The highest BCUT2D eigenvalue weighted by atomic mass is 19.3.